The quantitative estimate of drug-likeness (QED) is 0.148. The zero-order valence-electron chi connectivity index (χ0n) is 57.4. The molecule has 6 heteroatoms. The lowest BCUT2D eigenvalue weighted by Crippen LogP contribution is -2.60. The number of thiophene rings is 1. The van der Waals surface area contributed by atoms with Crippen LogP contribution in [0.3, 0.4) is 0 Å². The molecule has 2 aromatic heterocycles. The van der Waals surface area contributed by atoms with Gasteiger partial charge in [-0.15, -0.1) is 11.3 Å². The van der Waals surface area contributed by atoms with Crippen LogP contribution in [-0.4, -0.2) is 6.71 Å². The summed E-state index contributed by atoms with van der Waals surface area (Å²) in [5.41, 5.74) is 21.6. The maximum atomic E-state index is 9.79. The van der Waals surface area contributed by atoms with Crippen LogP contribution in [0.1, 0.15) is 137 Å². The van der Waals surface area contributed by atoms with Crippen molar-refractivity contribution in [3.8, 4) is 22.3 Å². The summed E-state index contributed by atoms with van der Waals surface area (Å²) < 4.78 is 56.2. The molecule has 4 nitrogen and oxygen atoms in total. The Balaban J connectivity index is 1.06. The Bertz CT molecular complexity index is 5120. The molecule has 434 valence electrons. The van der Waals surface area contributed by atoms with Gasteiger partial charge in [-0.1, -0.05) is 203 Å². The normalized spacial score (nSPS) is 17.5. The molecule has 10 aromatic carbocycles. The Morgan fingerprint density at radius 1 is 0.500 bits per heavy atom. The molecule has 0 saturated carbocycles. The van der Waals surface area contributed by atoms with Crippen LogP contribution in [0.5, 0.6) is 0 Å². The second kappa shape index (κ2) is 19.5. The minimum Gasteiger partial charge on any atom is -0.456 e. The molecule has 0 bridgehead atoms. The van der Waals surface area contributed by atoms with Gasteiger partial charge < -0.3 is 19.1 Å². The van der Waals surface area contributed by atoms with E-state index in [-0.39, 0.29) is 63.5 Å². The molecule has 0 N–H and O–H groups in total. The summed E-state index contributed by atoms with van der Waals surface area (Å²) in [5.74, 6) is 0. The van der Waals surface area contributed by atoms with Crippen LogP contribution in [0.15, 0.2) is 217 Å². The molecule has 0 spiro atoms. The average Bonchev–Trinajstić information content (AvgIpc) is 1.68. The van der Waals surface area contributed by atoms with Crippen LogP contribution in [0.25, 0.3) is 54.3 Å². The third kappa shape index (κ3) is 8.44. The molecule has 0 fully saturated rings. The SMILES string of the molecule is [2H]c1c([2H])c([2H])c(-c2cc3c4c(c2)N(c2cccc5oc6ccccc6c25)c2cc(N(c5ccc6c(c5)C(C)(C)CCC6(C)C)c5ccccc5-c5ccccc5)ccc2B4c2sc4ccc(C(C)(C)C)cc4c2N3c2ccc3c(c2)C(C)(C)CCC3(C)C)c([2H])c1[2H]. The summed E-state index contributed by atoms with van der Waals surface area (Å²) in [5, 5.41) is 3.07. The highest BCUT2D eigenvalue weighted by Crippen LogP contribution is 2.56. The minimum absolute atomic E-state index is 0.00374. The van der Waals surface area contributed by atoms with Crippen molar-refractivity contribution in [2.24, 2.45) is 0 Å². The summed E-state index contributed by atoms with van der Waals surface area (Å²) in [7, 11) is 0. The summed E-state index contributed by atoms with van der Waals surface area (Å²) in [4.78, 5) is 7.37. The lowest BCUT2D eigenvalue weighted by atomic mass is 9.36. The molecule has 0 amide bonds. The number of furan rings is 1. The molecule has 0 saturated heterocycles. The molecule has 0 radical (unpaired) electrons. The fourth-order valence-corrected chi connectivity index (χ4v) is 16.8. The number of hydrogen-bond donors (Lipinski definition) is 0. The standard InChI is InChI=1S/C82H76BN3OS/c1-78(2,3)54-33-40-73-60(47-54)76-77(88-73)83-65-39-36-57(84(66-29-20-18-27-58(66)52-25-16-13-17-26-52)55-34-37-61-63(48-55)81(8,9)43-41-79(61,4)5)50-68(65)86(67-30-22-32-72-74(67)59-28-19-21-31-71(59)87-72)70-46-53(51-23-14-12-15-24-51)45-69(75(70)83)85(76)56-35-38-62-64(49-56)82(10,11)44-42-80(62,6)7/h12-40,45-50H,41-44H2,1-11H3/i12D,14D,15D,23D,24D. The molecule has 2 aliphatic carbocycles. The number of rotatable bonds is 7. The second-order valence-corrected chi connectivity index (χ2v) is 30.1. The van der Waals surface area contributed by atoms with Crippen LogP contribution in [0.4, 0.5) is 51.2 Å². The van der Waals surface area contributed by atoms with E-state index in [4.69, 9.17) is 5.79 Å². The van der Waals surface area contributed by atoms with Gasteiger partial charge in [0.05, 0.1) is 29.3 Å². The summed E-state index contributed by atoms with van der Waals surface area (Å²) >= 11 is 1.86. The summed E-state index contributed by atoms with van der Waals surface area (Å²) in [6, 6.07) is 65.2. The van der Waals surface area contributed by atoms with Crippen molar-refractivity contribution in [2.75, 3.05) is 14.7 Å². The summed E-state index contributed by atoms with van der Waals surface area (Å²) in [6.07, 6.45) is 4.30. The highest BCUT2D eigenvalue weighted by atomic mass is 32.1. The van der Waals surface area contributed by atoms with Gasteiger partial charge in [-0.05, 0) is 193 Å². The van der Waals surface area contributed by atoms with Gasteiger partial charge in [-0.25, -0.2) is 0 Å². The minimum atomic E-state index is -0.426. The van der Waals surface area contributed by atoms with E-state index in [0.29, 0.717) is 5.56 Å². The van der Waals surface area contributed by atoms with Gasteiger partial charge in [-0.2, -0.15) is 0 Å². The van der Waals surface area contributed by atoms with Gasteiger partial charge in [0, 0.05) is 59.9 Å². The van der Waals surface area contributed by atoms with Gasteiger partial charge in [0.1, 0.15) is 11.2 Å². The fourth-order valence-electron chi connectivity index (χ4n) is 15.5. The zero-order valence-corrected chi connectivity index (χ0v) is 53.2. The van der Waals surface area contributed by atoms with E-state index in [1.807, 2.05) is 23.5 Å². The Labute approximate surface area is 531 Å². The fraction of sp³-hybridized carbons (Fsp3) is 0.244. The van der Waals surface area contributed by atoms with E-state index in [2.05, 4.69) is 261 Å². The number of hydrogen-bond acceptors (Lipinski definition) is 5. The smallest absolute Gasteiger partial charge is 0.264 e. The van der Waals surface area contributed by atoms with Crippen LogP contribution in [-0.2, 0) is 27.1 Å². The molecule has 88 heavy (non-hydrogen) atoms. The highest BCUT2D eigenvalue weighted by Gasteiger charge is 2.48. The van der Waals surface area contributed by atoms with Crippen LogP contribution in [0, 0.1) is 0 Å². The van der Waals surface area contributed by atoms with Crippen LogP contribution in [0.2, 0.25) is 0 Å². The Morgan fingerprint density at radius 2 is 1.12 bits per heavy atom. The second-order valence-electron chi connectivity index (χ2n) is 29.0. The Morgan fingerprint density at radius 3 is 1.86 bits per heavy atom. The van der Waals surface area contributed by atoms with E-state index in [1.54, 1.807) is 0 Å². The first-order chi connectivity index (χ1) is 44.3. The topological polar surface area (TPSA) is 22.9 Å². The van der Waals surface area contributed by atoms with E-state index >= 15 is 0 Å². The maximum Gasteiger partial charge on any atom is 0.264 e. The first-order valence-electron chi connectivity index (χ1n) is 34.0. The van der Waals surface area contributed by atoms with Gasteiger partial charge >= 0.3 is 0 Å². The van der Waals surface area contributed by atoms with Gasteiger partial charge in [0.25, 0.3) is 6.71 Å². The number of anilines is 9. The average molecular weight is 1170 g/mol. The van der Waals surface area contributed by atoms with Crippen molar-refractivity contribution in [3.05, 3.63) is 240 Å². The molecule has 4 heterocycles. The van der Waals surface area contributed by atoms with Crippen molar-refractivity contribution >= 4 is 117 Å². The lowest BCUT2D eigenvalue weighted by molar-refractivity contribution is 0.332. The number of fused-ring (bicyclic) bond motifs is 11. The van der Waals surface area contributed by atoms with Crippen molar-refractivity contribution in [2.45, 2.75) is 129 Å². The van der Waals surface area contributed by atoms with E-state index < -0.39 is 6.04 Å². The molecule has 16 rings (SSSR count). The maximum absolute atomic E-state index is 9.79. The summed E-state index contributed by atoms with van der Waals surface area (Å²) in [6.45, 7) is 25.6. The molecule has 4 aliphatic rings. The molecule has 0 atom stereocenters. The van der Waals surface area contributed by atoms with Gasteiger partial charge in [0.15, 0.2) is 0 Å². The van der Waals surface area contributed by atoms with Gasteiger partial charge in [-0.3, -0.25) is 0 Å². The lowest BCUT2D eigenvalue weighted by Gasteiger charge is -2.45. The highest BCUT2D eigenvalue weighted by molar-refractivity contribution is 7.33. The third-order valence-corrected chi connectivity index (χ3v) is 21.8. The van der Waals surface area contributed by atoms with E-state index in [0.717, 1.165) is 126 Å². The predicted octanol–water partition coefficient (Wildman–Crippen LogP) is 21.7. The molecule has 12 aromatic rings. The van der Waals surface area contributed by atoms with Crippen LogP contribution < -0.4 is 30.4 Å². The zero-order chi connectivity index (χ0) is 64.7. The third-order valence-electron chi connectivity index (χ3n) is 20.6. The first-order valence-corrected chi connectivity index (χ1v) is 32.3. The Hall–Kier alpha value is -8.58. The van der Waals surface area contributed by atoms with E-state index in [1.165, 1.54) is 37.3 Å². The van der Waals surface area contributed by atoms with Crippen molar-refractivity contribution in [3.63, 3.8) is 0 Å². The van der Waals surface area contributed by atoms with E-state index in [9.17, 15) is 5.48 Å². The molecule has 0 unspecified atom stereocenters. The first kappa shape index (κ1) is 49.4. The molecule has 2 aliphatic heterocycles. The monoisotopic (exact) mass is 1170 g/mol. The number of benzene rings is 10. The number of para-hydroxylation sites is 2. The van der Waals surface area contributed by atoms with Crippen molar-refractivity contribution < 1.29 is 11.3 Å². The Kier molecular flexibility index (Phi) is 10.9. The van der Waals surface area contributed by atoms with Crippen molar-refractivity contribution in [1.82, 2.24) is 0 Å². The molecular formula is C82H76BN3OS. The predicted molar refractivity (Wildman–Crippen MR) is 378 cm³/mol. The van der Waals surface area contributed by atoms with Gasteiger partial charge in [0.2, 0.25) is 0 Å². The van der Waals surface area contributed by atoms with Crippen LogP contribution >= 0.6 is 11.3 Å². The largest absolute Gasteiger partial charge is 0.456 e. The molecular weight excluding hydrogens is 1090 g/mol. The van der Waals surface area contributed by atoms with Crippen molar-refractivity contribution in [1.29, 1.82) is 0 Å². The number of nitrogens with zero attached hydrogens (tertiary/aromatic N) is 3.